The summed E-state index contributed by atoms with van der Waals surface area (Å²) in [6.45, 7) is 5.19. The number of carbonyl (C=O) groups is 2. The molecule has 5 heteroatoms. The molecule has 2 N–H and O–H groups in total. The van der Waals surface area contributed by atoms with Crippen LogP contribution >= 0.6 is 0 Å². The second kappa shape index (κ2) is 6.46. The normalized spacial score (nSPS) is 22.0. The van der Waals surface area contributed by atoms with Crippen LogP contribution in [0.2, 0.25) is 0 Å². The summed E-state index contributed by atoms with van der Waals surface area (Å²) in [6.07, 6.45) is 4.39. The molecule has 1 aromatic rings. The van der Waals surface area contributed by atoms with Crippen LogP contribution in [0.15, 0.2) is 18.2 Å². The lowest BCUT2D eigenvalue weighted by Gasteiger charge is -2.28. The van der Waals surface area contributed by atoms with E-state index in [0.717, 1.165) is 42.5 Å². The Kier molecular flexibility index (Phi) is 4.52. The number of aryl methyl sites for hydroxylation is 2. The van der Waals surface area contributed by atoms with Crippen molar-refractivity contribution in [3.63, 3.8) is 0 Å². The number of likely N-dealkylation sites (tertiary alicyclic amines) is 1. The van der Waals surface area contributed by atoms with Gasteiger partial charge in [-0.25, -0.2) is 4.79 Å². The predicted octanol–water partition coefficient (Wildman–Crippen LogP) is 3.07. The molecular weight excluding hydrogens is 302 g/mol. The van der Waals surface area contributed by atoms with Crippen molar-refractivity contribution in [3.05, 3.63) is 29.3 Å². The van der Waals surface area contributed by atoms with Gasteiger partial charge in [0.15, 0.2) is 0 Å². The Bertz CT molecular complexity index is 630. The van der Waals surface area contributed by atoms with E-state index in [4.69, 9.17) is 0 Å². The fourth-order valence-corrected chi connectivity index (χ4v) is 4.44. The minimum Gasteiger partial charge on any atom is -0.359 e. The van der Waals surface area contributed by atoms with Crippen LogP contribution in [0, 0.1) is 25.2 Å². The zero-order chi connectivity index (χ0) is 17.3. The standard InChI is InChI=1S/C19H27N3O2/c1-13-7-6-8-14(2)16(13)21-18(24)22-11-15(17(23)20-3)19(12-22)9-4-5-10-19/h6-8,15H,4-5,9-12H2,1-3H3,(H,20,23)(H,21,24). The third kappa shape index (κ3) is 2.87. The highest BCUT2D eigenvalue weighted by atomic mass is 16.2. The molecular formula is C19H27N3O2. The van der Waals surface area contributed by atoms with Crippen molar-refractivity contribution in [1.82, 2.24) is 10.2 Å². The largest absolute Gasteiger partial charge is 0.359 e. The van der Waals surface area contributed by atoms with Crippen LogP contribution in [-0.4, -0.2) is 37.0 Å². The lowest BCUT2D eigenvalue weighted by molar-refractivity contribution is -0.127. The molecule has 1 aliphatic heterocycles. The topological polar surface area (TPSA) is 61.4 Å². The van der Waals surface area contributed by atoms with Crippen LogP contribution in [0.4, 0.5) is 10.5 Å². The summed E-state index contributed by atoms with van der Waals surface area (Å²) in [4.78, 5) is 27.0. The van der Waals surface area contributed by atoms with E-state index in [-0.39, 0.29) is 23.3 Å². The summed E-state index contributed by atoms with van der Waals surface area (Å²) in [5.41, 5.74) is 2.96. The number of nitrogens with zero attached hydrogens (tertiary/aromatic N) is 1. The van der Waals surface area contributed by atoms with E-state index in [9.17, 15) is 9.59 Å². The second-order valence-electron chi connectivity index (χ2n) is 7.31. The highest BCUT2D eigenvalue weighted by molar-refractivity contribution is 5.92. The van der Waals surface area contributed by atoms with E-state index < -0.39 is 0 Å². The monoisotopic (exact) mass is 329 g/mol. The van der Waals surface area contributed by atoms with E-state index in [1.54, 1.807) is 7.05 Å². The molecule has 1 saturated carbocycles. The van der Waals surface area contributed by atoms with Crippen LogP contribution in [0.1, 0.15) is 36.8 Å². The number of carbonyl (C=O) groups excluding carboxylic acids is 2. The minimum absolute atomic E-state index is 0.0296. The van der Waals surface area contributed by atoms with Crippen LogP contribution < -0.4 is 10.6 Å². The van der Waals surface area contributed by atoms with E-state index in [2.05, 4.69) is 10.6 Å². The third-order valence-corrected chi connectivity index (χ3v) is 5.81. The molecule has 3 amide bonds. The van der Waals surface area contributed by atoms with Crippen molar-refractivity contribution < 1.29 is 9.59 Å². The highest BCUT2D eigenvalue weighted by Gasteiger charge is 2.52. The Morgan fingerprint density at radius 3 is 2.38 bits per heavy atom. The third-order valence-electron chi connectivity index (χ3n) is 5.81. The van der Waals surface area contributed by atoms with Crippen molar-refractivity contribution in [3.8, 4) is 0 Å². The maximum atomic E-state index is 12.8. The van der Waals surface area contributed by atoms with Gasteiger partial charge in [-0.1, -0.05) is 31.0 Å². The molecule has 1 aliphatic carbocycles. The predicted molar refractivity (Wildman–Crippen MR) is 95.0 cm³/mol. The van der Waals surface area contributed by atoms with Gasteiger partial charge in [-0.15, -0.1) is 0 Å². The van der Waals surface area contributed by atoms with E-state index >= 15 is 0 Å². The lowest BCUT2D eigenvalue weighted by Crippen LogP contribution is -2.38. The SMILES string of the molecule is CNC(=O)C1CN(C(=O)Nc2c(C)cccc2C)CC12CCCC2. The van der Waals surface area contributed by atoms with Gasteiger partial charge in [0, 0.05) is 31.2 Å². The van der Waals surface area contributed by atoms with Crippen LogP contribution in [-0.2, 0) is 4.79 Å². The molecule has 1 spiro atoms. The van der Waals surface area contributed by atoms with Gasteiger partial charge >= 0.3 is 6.03 Å². The summed E-state index contributed by atoms with van der Waals surface area (Å²) < 4.78 is 0. The Morgan fingerprint density at radius 2 is 1.79 bits per heavy atom. The number of nitrogens with one attached hydrogen (secondary N) is 2. The average Bonchev–Trinajstić information content (AvgIpc) is 3.18. The number of anilines is 1. The number of hydrogen-bond acceptors (Lipinski definition) is 2. The molecule has 1 atom stereocenters. The van der Waals surface area contributed by atoms with Crippen molar-refractivity contribution >= 4 is 17.6 Å². The fraction of sp³-hybridized carbons (Fsp3) is 0.579. The van der Waals surface area contributed by atoms with Gasteiger partial charge in [0.2, 0.25) is 5.91 Å². The minimum atomic E-state index is -0.0925. The molecule has 1 saturated heterocycles. The van der Waals surface area contributed by atoms with Gasteiger partial charge < -0.3 is 15.5 Å². The Morgan fingerprint density at radius 1 is 1.17 bits per heavy atom. The van der Waals surface area contributed by atoms with Gasteiger partial charge in [0.05, 0.1) is 5.92 Å². The summed E-state index contributed by atoms with van der Waals surface area (Å²) in [7, 11) is 1.68. The molecule has 1 unspecified atom stereocenters. The van der Waals surface area contributed by atoms with Crippen molar-refractivity contribution in [1.29, 1.82) is 0 Å². The first kappa shape index (κ1) is 16.8. The maximum absolute atomic E-state index is 12.8. The fourth-order valence-electron chi connectivity index (χ4n) is 4.44. The summed E-state index contributed by atoms with van der Waals surface area (Å²) in [5, 5.41) is 5.85. The Hall–Kier alpha value is -2.04. The molecule has 1 aromatic carbocycles. The molecule has 3 rings (SSSR count). The number of benzene rings is 1. The smallest absolute Gasteiger partial charge is 0.321 e. The zero-order valence-corrected chi connectivity index (χ0v) is 14.8. The van der Waals surface area contributed by atoms with Gasteiger partial charge in [-0.2, -0.15) is 0 Å². The first-order valence-corrected chi connectivity index (χ1v) is 8.80. The molecule has 0 radical (unpaired) electrons. The number of hydrogen-bond donors (Lipinski definition) is 2. The van der Waals surface area contributed by atoms with Crippen molar-refractivity contribution in [2.45, 2.75) is 39.5 Å². The highest BCUT2D eigenvalue weighted by Crippen LogP contribution is 2.49. The average molecular weight is 329 g/mol. The molecule has 5 nitrogen and oxygen atoms in total. The second-order valence-corrected chi connectivity index (χ2v) is 7.31. The van der Waals surface area contributed by atoms with E-state index in [1.165, 1.54) is 0 Å². The molecule has 0 aromatic heterocycles. The number of amides is 3. The Labute approximate surface area is 143 Å². The molecule has 0 bridgehead atoms. The number of para-hydroxylation sites is 1. The summed E-state index contributed by atoms with van der Waals surface area (Å²) in [6, 6.07) is 5.90. The van der Waals surface area contributed by atoms with Crippen molar-refractivity contribution in [2.75, 3.05) is 25.5 Å². The zero-order valence-electron chi connectivity index (χ0n) is 14.8. The van der Waals surface area contributed by atoms with Gasteiger partial charge in [0.1, 0.15) is 0 Å². The van der Waals surface area contributed by atoms with Crippen LogP contribution in [0.25, 0.3) is 0 Å². The quantitative estimate of drug-likeness (QED) is 0.876. The lowest BCUT2D eigenvalue weighted by atomic mass is 9.76. The van der Waals surface area contributed by atoms with Crippen molar-refractivity contribution in [2.24, 2.45) is 11.3 Å². The van der Waals surface area contributed by atoms with Gasteiger partial charge in [-0.3, -0.25) is 4.79 Å². The molecule has 24 heavy (non-hydrogen) atoms. The molecule has 2 aliphatic rings. The van der Waals surface area contributed by atoms with Gasteiger partial charge in [-0.05, 0) is 37.8 Å². The summed E-state index contributed by atoms with van der Waals surface area (Å²) >= 11 is 0. The molecule has 130 valence electrons. The van der Waals surface area contributed by atoms with Crippen LogP contribution in [0.3, 0.4) is 0 Å². The molecule has 2 fully saturated rings. The first-order valence-electron chi connectivity index (χ1n) is 8.80. The van der Waals surface area contributed by atoms with Gasteiger partial charge in [0.25, 0.3) is 0 Å². The first-order chi connectivity index (χ1) is 11.5. The Balaban J connectivity index is 1.78. The number of urea groups is 1. The summed E-state index contributed by atoms with van der Waals surface area (Å²) in [5.74, 6) is -0.0204. The molecule has 1 heterocycles. The van der Waals surface area contributed by atoms with E-state index in [1.807, 2.05) is 36.9 Å². The maximum Gasteiger partial charge on any atom is 0.321 e. The van der Waals surface area contributed by atoms with Crippen LogP contribution in [0.5, 0.6) is 0 Å². The van der Waals surface area contributed by atoms with E-state index in [0.29, 0.717) is 13.1 Å². The number of rotatable bonds is 2.